The van der Waals surface area contributed by atoms with Crippen molar-refractivity contribution in [3.8, 4) is 0 Å². The van der Waals surface area contributed by atoms with Gasteiger partial charge in [0.2, 0.25) is 8.32 Å². The Labute approximate surface area is 241 Å². The molecule has 0 aliphatic heterocycles. The highest BCUT2D eigenvalue weighted by molar-refractivity contribution is 6.74. The zero-order valence-electron chi connectivity index (χ0n) is 27.0. The zero-order valence-corrected chi connectivity index (χ0v) is 29.0. The Kier molecular flexibility index (Phi) is 7.56. The Morgan fingerprint density at radius 3 is 2.10 bits per heavy atom. The molecule has 4 aliphatic carbocycles. The van der Waals surface area contributed by atoms with Gasteiger partial charge in [-0.05, 0) is 96.6 Å². The van der Waals surface area contributed by atoms with Crippen LogP contribution in [0.4, 0.5) is 0 Å². The van der Waals surface area contributed by atoms with Crippen molar-refractivity contribution >= 4 is 28.2 Å². The molecule has 0 bridgehead atoms. The lowest BCUT2D eigenvalue weighted by molar-refractivity contribution is -0.131. The maximum absolute atomic E-state index is 13.6. The van der Waals surface area contributed by atoms with Crippen molar-refractivity contribution in [1.29, 1.82) is 0 Å². The summed E-state index contributed by atoms with van der Waals surface area (Å²) in [6.07, 6.45) is 6.84. The molecule has 0 amide bonds. The summed E-state index contributed by atoms with van der Waals surface area (Å²) >= 11 is 0. The Bertz CT molecular complexity index is 1070. The summed E-state index contributed by atoms with van der Waals surface area (Å²) in [7, 11) is -4.13. The van der Waals surface area contributed by atoms with Crippen LogP contribution in [-0.4, -0.2) is 34.3 Å². The molecule has 0 N–H and O–H groups in total. The molecule has 0 heterocycles. The number of Topliss-reactive ketones (excluding diaryl/α,β-unsaturated/α-hetero) is 1. The van der Waals surface area contributed by atoms with Gasteiger partial charge < -0.3 is 8.85 Å². The molecule has 4 aliphatic rings. The summed E-state index contributed by atoms with van der Waals surface area (Å²) in [6, 6.07) is 0. The van der Waals surface area contributed by atoms with Crippen LogP contribution in [0.15, 0.2) is 24.0 Å². The predicted octanol–water partition coefficient (Wildman–Crippen LogP) is 8.85. The topological polar surface area (TPSA) is 52.6 Å². The highest BCUT2D eigenvalue weighted by Crippen LogP contribution is 2.68. The molecule has 6 heteroatoms. The van der Waals surface area contributed by atoms with Gasteiger partial charge in [-0.15, -0.1) is 0 Å². The minimum Gasteiger partial charge on any atom is -0.547 e. The molecular weight excluding hydrogens is 517 g/mol. The van der Waals surface area contributed by atoms with Gasteiger partial charge in [0.1, 0.15) is 0 Å². The number of carbonyl (C=O) groups is 2. The Hall–Kier alpha value is -0.986. The predicted molar refractivity (Wildman–Crippen MR) is 165 cm³/mol. The van der Waals surface area contributed by atoms with E-state index < -0.39 is 16.6 Å². The molecule has 220 valence electrons. The maximum Gasteiger partial charge on any atom is 0.250 e. The molecule has 4 rings (SSSR count). The molecular formula is C33H56O4Si2. The molecule has 0 unspecified atom stereocenters. The van der Waals surface area contributed by atoms with Gasteiger partial charge >= 0.3 is 0 Å². The zero-order chi connectivity index (χ0) is 29.6. The van der Waals surface area contributed by atoms with E-state index in [4.69, 9.17) is 8.85 Å². The number of hydrogen-bond donors (Lipinski definition) is 0. The van der Waals surface area contributed by atoms with E-state index in [-0.39, 0.29) is 44.5 Å². The smallest absolute Gasteiger partial charge is 0.250 e. The Morgan fingerprint density at radius 2 is 1.54 bits per heavy atom. The highest BCUT2D eigenvalue weighted by Gasteiger charge is 2.64. The Balaban J connectivity index is 1.74. The van der Waals surface area contributed by atoms with E-state index in [1.807, 2.05) is 0 Å². The summed E-state index contributed by atoms with van der Waals surface area (Å²) in [5, 5.41) is 0.201. The molecule has 3 fully saturated rings. The van der Waals surface area contributed by atoms with Crippen LogP contribution in [0.3, 0.4) is 0 Å². The van der Waals surface area contributed by atoms with E-state index in [0.29, 0.717) is 30.6 Å². The van der Waals surface area contributed by atoms with E-state index in [0.717, 1.165) is 37.0 Å². The number of fused-ring (bicyclic) bond motifs is 5. The number of hydrogen-bond acceptors (Lipinski definition) is 4. The first kappa shape index (κ1) is 31.0. The van der Waals surface area contributed by atoms with Crippen LogP contribution in [0.25, 0.3) is 0 Å². The van der Waals surface area contributed by atoms with Gasteiger partial charge in [-0.3, -0.25) is 9.59 Å². The first-order chi connectivity index (χ1) is 17.6. The van der Waals surface area contributed by atoms with Crippen molar-refractivity contribution in [3.05, 3.63) is 24.0 Å². The number of carbonyl (C=O) groups excluding carboxylic acids is 2. The van der Waals surface area contributed by atoms with Crippen molar-refractivity contribution in [2.75, 3.05) is 0 Å². The molecule has 7 atom stereocenters. The molecule has 3 saturated carbocycles. The van der Waals surface area contributed by atoms with E-state index >= 15 is 0 Å². The van der Waals surface area contributed by atoms with Crippen molar-refractivity contribution in [1.82, 2.24) is 0 Å². The number of ketones is 2. The average molecular weight is 573 g/mol. The molecule has 0 spiro atoms. The summed E-state index contributed by atoms with van der Waals surface area (Å²) in [4.78, 5) is 25.9. The molecule has 4 nitrogen and oxygen atoms in total. The minimum atomic E-state index is -2.07. The van der Waals surface area contributed by atoms with Crippen LogP contribution >= 0.6 is 0 Å². The van der Waals surface area contributed by atoms with Gasteiger partial charge in [0, 0.05) is 24.3 Å². The lowest BCUT2D eigenvalue weighted by Gasteiger charge is -2.57. The Morgan fingerprint density at radius 1 is 0.949 bits per heavy atom. The second kappa shape index (κ2) is 9.52. The maximum atomic E-state index is 13.6. The first-order valence-electron chi connectivity index (χ1n) is 15.4. The van der Waals surface area contributed by atoms with Gasteiger partial charge in [-0.2, -0.15) is 0 Å². The van der Waals surface area contributed by atoms with Crippen molar-refractivity contribution in [2.24, 2.45) is 34.5 Å². The minimum absolute atomic E-state index is 0.0179. The summed E-state index contributed by atoms with van der Waals surface area (Å²) in [5.74, 6) is 2.52. The van der Waals surface area contributed by atoms with Crippen LogP contribution in [0.1, 0.15) is 93.9 Å². The van der Waals surface area contributed by atoms with Crippen LogP contribution in [0.2, 0.25) is 36.3 Å². The van der Waals surface area contributed by atoms with E-state index in [2.05, 4.69) is 88.2 Å². The van der Waals surface area contributed by atoms with E-state index in [9.17, 15) is 9.59 Å². The molecule has 0 aromatic carbocycles. The molecule has 0 aromatic rings. The van der Waals surface area contributed by atoms with Gasteiger partial charge in [-0.25, -0.2) is 0 Å². The molecule has 0 aromatic heterocycles. The van der Waals surface area contributed by atoms with Crippen molar-refractivity contribution in [3.63, 3.8) is 0 Å². The van der Waals surface area contributed by atoms with Gasteiger partial charge in [0.25, 0.3) is 0 Å². The SMILES string of the molecule is C=C(O[Si](C)(C)C(C)(C)C)[C@H]1[C@H](O[Si](C)(C)C(C)(C)C)C[C@H]2[C@@H]3CC(=O)C4=CC(=O)CC[C@]4(C)[C@H]3CC[C@@]21C. The third kappa shape index (κ3) is 5.03. The lowest BCUT2D eigenvalue weighted by Crippen LogP contribution is -2.53. The second-order valence-electron chi connectivity index (χ2n) is 16.9. The summed E-state index contributed by atoms with van der Waals surface area (Å²) in [6.45, 7) is 32.5. The highest BCUT2D eigenvalue weighted by atomic mass is 28.4. The standard InChI is InChI=1S/C33H56O4Si2/c1-21(36-38(10,11)30(2,3)4)29-28(37-39(12,13)31(5,6)7)20-25-23-19-27(35)26-18-22(34)14-16-32(26,8)24(23)15-17-33(25,29)9/h18,23-25,28-29H,1,14-17,19-20H2,2-13H3/t23-,24+,25+,28-,29+,32-,33+/m1/s1. The molecule has 0 saturated heterocycles. The van der Waals surface area contributed by atoms with Crippen LogP contribution in [0, 0.1) is 34.5 Å². The fourth-order valence-corrected chi connectivity index (χ4v) is 10.6. The summed E-state index contributed by atoms with van der Waals surface area (Å²) < 4.78 is 14.3. The number of rotatable bonds is 5. The fourth-order valence-electron chi connectivity index (χ4n) is 8.17. The molecule has 0 radical (unpaired) electrons. The second-order valence-corrected chi connectivity index (χ2v) is 26.4. The largest absolute Gasteiger partial charge is 0.547 e. The molecule has 39 heavy (non-hydrogen) atoms. The van der Waals surface area contributed by atoms with Crippen molar-refractivity contribution < 1.29 is 18.4 Å². The van der Waals surface area contributed by atoms with E-state index in [1.165, 1.54) is 0 Å². The lowest BCUT2D eigenvalue weighted by atomic mass is 9.46. The fraction of sp³-hybridized carbons (Fsp3) is 0.818. The third-order valence-electron chi connectivity index (χ3n) is 12.6. The first-order valence-corrected chi connectivity index (χ1v) is 21.2. The summed E-state index contributed by atoms with van der Waals surface area (Å²) in [5.41, 5.74) is 0.617. The van der Waals surface area contributed by atoms with Crippen LogP contribution in [0.5, 0.6) is 0 Å². The quantitative estimate of drug-likeness (QED) is 0.244. The monoisotopic (exact) mass is 572 g/mol. The van der Waals surface area contributed by atoms with Gasteiger partial charge in [0.05, 0.1) is 11.9 Å². The van der Waals surface area contributed by atoms with Crippen molar-refractivity contribution in [2.45, 2.75) is 136 Å². The van der Waals surface area contributed by atoms with Gasteiger partial charge in [-0.1, -0.05) is 62.0 Å². The normalized spacial score (nSPS) is 37.5. The number of allylic oxidation sites excluding steroid dienone is 1. The van der Waals surface area contributed by atoms with Crippen LogP contribution in [-0.2, 0) is 18.4 Å². The third-order valence-corrected chi connectivity index (χ3v) is 21.5. The van der Waals surface area contributed by atoms with E-state index in [1.54, 1.807) is 6.08 Å². The van der Waals surface area contributed by atoms with Crippen LogP contribution < -0.4 is 0 Å². The average Bonchev–Trinajstić information content (AvgIpc) is 3.04. The van der Waals surface area contributed by atoms with Gasteiger partial charge in [0.15, 0.2) is 19.9 Å².